The van der Waals surface area contributed by atoms with Gasteiger partial charge in [0, 0.05) is 35.9 Å². The van der Waals surface area contributed by atoms with Crippen LogP contribution in [0.3, 0.4) is 0 Å². The van der Waals surface area contributed by atoms with Gasteiger partial charge in [-0.25, -0.2) is 4.98 Å². The van der Waals surface area contributed by atoms with E-state index in [0.717, 1.165) is 18.8 Å². The van der Waals surface area contributed by atoms with Crippen molar-refractivity contribution in [2.24, 2.45) is 0 Å². The van der Waals surface area contributed by atoms with Crippen LogP contribution >= 0.6 is 0 Å². The van der Waals surface area contributed by atoms with Gasteiger partial charge in [0.1, 0.15) is 5.82 Å². The monoisotopic (exact) mass is 289 g/mol. The van der Waals surface area contributed by atoms with E-state index in [9.17, 15) is 0 Å². The van der Waals surface area contributed by atoms with Crippen LogP contribution < -0.4 is 10.2 Å². The molecular weight excluding hydrogens is 258 g/mol. The zero-order valence-corrected chi connectivity index (χ0v) is 14.6. The lowest BCUT2D eigenvalue weighted by molar-refractivity contribution is 0.421. The van der Waals surface area contributed by atoms with Gasteiger partial charge < -0.3 is 10.2 Å². The topological polar surface area (TPSA) is 28.2 Å². The normalized spacial score (nSPS) is 19.9. The Morgan fingerprint density at radius 1 is 1.29 bits per heavy atom. The molecule has 1 atom stereocenters. The average molecular weight is 289 g/mol. The Hall–Kier alpha value is -1.09. The Labute approximate surface area is 130 Å². The summed E-state index contributed by atoms with van der Waals surface area (Å²) < 4.78 is 0. The van der Waals surface area contributed by atoms with Crippen molar-refractivity contribution in [2.75, 3.05) is 11.4 Å². The molecule has 0 saturated carbocycles. The fraction of sp³-hybridized carbons (Fsp3) is 0.722. The molecule has 1 aliphatic rings. The molecule has 118 valence electrons. The van der Waals surface area contributed by atoms with Crippen molar-refractivity contribution in [1.82, 2.24) is 10.3 Å². The standard InChI is InChI=1S/C18H31N3/c1-13-11-14(2)20-17(16(13)12-19-18(4,5)6)21-10-8-7-9-15(21)3/h11,15,19H,7-10,12H2,1-6H3. The van der Waals surface area contributed by atoms with Crippen LogP contribution in [0, 0.1) is 13.8 Å². The molecule has 0 spiro atoms. The van der Waals surface area contributed by atoms with Gasteiger partial charge in [-0.15, -0.1) is 0 Å². The number of nitrogens with one attached hydrogen (secondary N) is 1. The van der Waals surface area contributed by atoms with Gasteiger partial charge in [0.15, 0.2) is 0 Å². The first-order valence-electron chi connectivity index (χ1n) is 8.27. The number of piperidine rings is 1. The van der Waals surface area contributed by atoms with Crippen molar-refractivity contribution in [3.63, 3.8) is 0 Å². The zero-order chi connectivity index (χ0) is 15.6. The summed E-state index contributed by atoms with van der Waals surface area (Å²) in [5, 5.41) is 3.63. The molecule has 3 nitrogen and oxygen atoms in total. The van der Waals surface area contributed by atoms with Crippen LogP contribution in [0.2, 0.25) is 0 Å². The fourth-order valence-corrected chi connectivity index (χ4v) is 3.07. The highest BCUT2D eigenvalue weighted by atomic mass is 15.2. The second-order valence-electron chi connectivity index (χ2n) is 7.52. The molecule has 1 aromatic heterocycles. The van der Waals surface area contributed by atoms with Crippen LogP contribution in [0.15, 0.2) is 6.07 Å². The van der Waals surface area contributed by atoms with E-state index in [2.05, 4.69) is 57.8 Å². The van der Waals surface area contributed by atoms with Gasteiger partial charge in [-0.3, -0.25) is 0 Å². The lowest BCUT2D eigenvalue weighted by Gasteiger charge is -2.36. The fourth-order valence-electron chi connectivity index (χ4n) is 3.07. The number of pyridine rings is 1. The Kier molecular flexibility index (Phi) is 4.92. The highest BCUT2D eigenvalue weighted by Gasteiger charge is 2.23. The smallest absolute Gasteiger partial charge is 0.133 e. The Balaban J connectivity index is 2.33. The largest absolute Gasteiger partial charge is 0.354 e. The number of anilines is 1. The summed E-state index contributed by atoms with van der Waals surface area (Å²) in [6.45, 7) is 15.3. The molecule has 0 bridgehead atoms. The van der Waals surface area contributed by atoms with Crippen LogP contribution in [0.5, 0.6) is 0 Å². The van der Waals surface area contributed by atoms with Gasteiger partial charge in [0.2, 0.25) is 0 Å². The predicted octanol–water partition coefficient (Wildman–Crippen LogP) is 3.97. The highest BCUT2D eigenvalue weighted by Crippen LogP contribution is 2.29. The number of nitrogens with zero attached hydrogens (tertiary/aromatic N) is 2. The number of hydrogen-bond donors (Lipinski definition) is 1. The third-order valence-corrected chi connectivity index (χ3v) is 4.32. The second-order valence-corrected chi connectivity index (χ2v) is 7.52. The Morgan fingerprint density at radius 3 is 2.62 bits per heavy atom. The Bertz CT molecular complexity index is 488. The van der Waals surface area contributed by atoms with Gasteiger partial charge in [-0.05, 0) is 72.4 Å². The predicted molar refractivity (Wildman–Crippen MR) is 91.0 cm³/mol. The van der Waals surface area contributed by atoms with Crippen molar-refractivity contribution in [1.29, 1.82) is 0 Å². The van der Waals surface area contributed by atoms with E-state index in [0.29, 0.717) is 6.04 Å². The maximum atomic E-state index is 4.89. The molecule has 2 rings (SSSR count). The van der Waals surface area contributed by atoms with E-state index < -0.39 is 0 Å². The zero-order valence-electron chi connectivity index (χ0n) is 14.6. The molecule has 1 aromatic rings. The maximum absolute atomic E-state index is 4.89. The summed E-state index contributed by atoms with van der Waals surface area (Å²) >= 11 is 0. The van der Waals surface area contributed by atoms with Crippen LogP contribution in [0.1, 0.15) is 63.8 Å². The molecule has 1 aliphatic heterocycles. The molecule has 2 heterocycles. The maximum Gasteiger partial charge on any atom is 0.133 e. The van der Waals surface area contributed by atoms with E-state index in [1.807, 2.05) is 0 Å². The third kappa shape index (κ3) is 4.19. The van der Waals surface area contributed by atoms with Crippen molar-refractivity contribution >= 4 is 5.82 Å². The summed E-state index contributed by atoms with van der Waals surface area (Å²) in [6.07, 6.45) is 3.91. The second kappa shape index (κ2) is 6.35. The molecule has 0 aliphatic carbocycles. The van der Waals surface area contributed by atoms with Crippen LogP contribution in [-0.4, -0.2) is 23.1 Å². The first-order chi connectivity index (χ1) is 9.78. The molecule has 0 radical (unpaired) electrons. The van der Waals surface area contributed by atoms with E-state index >= 15 is 0 Å². The van der Waals surface area contributed by atoms with E-state index in [-0.39, 0.29) is 5.54 Å². The quantitative estimate of drug-likeness (QED) is 0.912. The minimum absolute atomic E-state index is 0.127. The number of aryl methyl sites for hydroxylation is 2. The van der Waals surface area contributed by atoms with Gasteiger partial charge in [-0.2, -0.15) is 0 Å². The van der Waals surface area contributed by atoms with Gasteiger partial charge in [0.25, 0.3) is 0 Å². The van der Waals surface area contributed by atoms with Crippen molar-refractivity contribution in [2.45, 2.75) is 78.9 Å². The molecule has 0 aromatic carbocycles. The first-order valence-corrected chi connectivity index (χ1v) is 8.27. The lowest BCUT2D eigenvalue weighted by atomic mass is 10.0. The molecule has 3 heteroatoms. The van der Waals surface area contributed by atoms with Crippen molar-refractivity contribution in [3.05, 3.63) is 22.9 Å². The third-order valence-electron chi connectivity index (χ3n) is 4.32. The minimum atomic E-state index is 0.127. The summed E-state index contributed by atoms with van der Waals surface area (Å²) in [5.41, 5.74) is 3.97. The van der Waals surface area contributed by atoms with Crippen LogP contribution in [-0.2, 0) is 6.54 Å². The summed E-state index contributed by atoms with van der Waals surface area (Å²) in [7, 11) is 0. The van der Waals surface area contributed by atoms with Crippen LogP contribution in [0.4, 0.5) is 5.82 Å². The minimum Gasteiger partial charge on any atom is -0.354 e. The first kappa shape index (κ1) is 16.3. The van der Waals surface area contributed by atoms with Crippen molar-refractivity contribution < 1.29 is 0 Å². The van der Waals surface area contributed by atoms with Gasteiger partial charge in [-0.1, -0.05) is 0 Å². The molecule has 1 N–H and O–H groups in total. The lowest BCUT2D eigenvalue weighted by Crippen LogP contribution is -2.40. The van der Waals surface area contributed by atoms with E-state index in [1.54, 1.807) is 0 Å². The highest BCUT2D eigenvalue weighted by molar-refractivity contribution is 5.52. The van der Waals surface area contributed by atoms with E-state index in [4.69, 9.17) is 4.98 Å². The van der Waals surface area contributed by atoms with Crippen LogP contribution in [0.25, 0.3) is 0 Å². The number of rotatable bonds is 3. The molecule has 1 fully saturated rings. The molecule has 1 saturated heterocycles. The Morgan fingerprint density at radius 2 is 2.00 bits per heavy atom. The molecular formula is C18H31N3. The number of hydrogen-bond acceptors (Lipinski definition) is 3. The van der Waals surface area contributed by atoms with Crippen molar-refractivity contribution in [3.8, 4) is 0 Å². The summed E-state index contributed by atoms with van der Waals surface area (Å²) in [4.78, 5) is 7.41. The van der Waals surface area contributed by atoms with E-state index in [1.165, 1.54) is 36.2 Å². The molecule has 0 amide bonds. The van der Waals surface area contributed by atoms with Gasteiger partial charge >= 0.3 is 0 Å². The summed E-state index contributed by atoms with van der Waals surface area (Å²) in [6, 6.07) is 2.80. The average Bonchev–Trinajstić information content (AvgIpc) is 2.36. The summed E-state index contributed by atoms with van der Waals surface area (Å²) in [5.74, 6) is 1.21. The SMILES string of the molecule is Cc1cc(C)c(CNC(C)(C)C)c(N2CCCCC2C)n1. The van der Waals surface area contributed by atoms with Gasteiger partial charge in [0.05, 0.1) is 0 Å². The molecule has 21 heavy (non-hydrogen) atoms. The molecule has 1 unspecified atom stereocenters. The number of aromatic nitrogens is 1.